The minimum atomic E-state index is -0.163. The van der Waals surface area contributed by atoms with Gasteiger partial charge in [0.25, 0.3) is 0 Å². The molecule has 2 heterocycles. The van der Waals surface area contributed by atoms with Crippen molar-refractivity contribution in [1.29, 1.82) is 0 Å². The maximum Gasteiger partial charge on any atom is 0.242 e. The predicted octanol–water partition coefficient (Wildman–Crippen LogP) is 4.34. The summed E-state index contributed by atoms with van der Waals surface area (Å²) in [7, 11) is 0. The molecule has 33 heavy (non-hydrogen) atoms. The normalized spacial score (nSPS) is 13.7. The van der Waals surface area contributed by atoms with E-state index in [0.717, 1.165) is 41.7 Å². The maximum atomic E-state index is 12.8. The zero-order valence-electron chi connectivity index (χ0n) is 18.7. The molecule has 4 rings (SSSR count). The zero-order valence-corrected chi connectivity index (χ0v) is 19.5. The predicted molar refractivity (Wildman–Crippen MR) is 132 cm³/mol. The molecule has 1 saturated heterocycles. The summed E-state index contributed by atoms with van der Waals surface area (Å²) in [5.41, 5.74) is 2.25. The fourth-order valence-corrected chi connectivity index (χ4v) is 4.95. The maximum absolute atomic E-state index is 12.8. The van der Waals surface area contributed by atoms with Gasteiger partial charge in [-0.3, -0.25) is 14.4 Å². The number of carbonyl (C=O) groups excluding carboxylic acids is 3. The van der Waals surface area contributed by atoms with Gasteiger partial charge in [-0.15, -0.1) is 11.8 Å². The number of benzene rings is 2. The van der Waals surface area contributed by atoms with Gasteiger partial charge in [0.15, 0.2) is 0 Å². The lowest BCUT2D eigenvalue weighted by Gasteiger charge is -2.27. The molecule has 0 atom stereocenters. The second-order valence-corrected chi connectivity index (χ2v) is 9.20. The fourth-order valence-electron chi connectivity index (χ4n) is 4.07. The molecule has 0 aliphatic carbocycles. The number of rotatable bonds is 7. The number of aromatic nitrogens is 1. The third-order valence-electron chi connectivity index (χ3n) is 5.59. The fraction of sp³-hybridized carbons (Fsp3) is 0.320. The molecule has 3 aromatic rings. The third kappa shape index (κ3) is 5.96. The Balaban J connectivity index is 1.42. The summed E-state index contributed by atoms with van der Waals surface area (Å²) in [6.07, 6.45) is 5.31. The summed E-state index contributed by atoms with van der Waals surface area (Å²) < 4.78 is 1.99. The number of thioether (sulfide) groups is 1. The lowest BCUT2D eigenvalue weighted by atomic mass is 10.1. The van der Waals surface area contributed by atoms with Crippen LogP contribution in [0.1, 0.15) is 26.2 Å². The Labute approximate surface area is 197 Å². The molecule has 3 amide bonds. The van der Waals surface area contributed by atoms with Crippen LogP contribution in [0.15, 0.2) is 59.6 Å². The van der Waals surface area contributed by atoms with Crippen LogP contribution in [0.25, 0.3) is 10.9 Å². The highest BCUT2D eigenvalue weighted by Crippen LogP contribution is 2.30. The Bertz CT molecular complexity index is 1170. The van der Waals surface area contributed by atoms with Crippen LogP contribution in [-0.2, 0) is 20.9 Å². The van der Waals surface area contributed by atoms with E-state index in [1.54, 1.807) is 24.3 Å². The standard InChI is InChI=1S/C25H28N4O3S/c1-18(30)26-19-8-7-9-20(14-19)27-24(31)17-33-23-15-29(22-11-4-3-10-21(22)23)16-25(32)28-12-5-2-6-13-28/h3-4,7-11,14-15H,2,5-6,12-13,16-17H2,1H3,(H,26,30)(H,27,31). The van der Waals surface area contributed by atoms with Crippen LogP contribution < -0.4 is 10.6 Å². The van der Waals surface area contributed by atoms with Gasteiger partial charge in [0.2, 0.25) is 17.7 Å². The number of amides is 3. The number of likely N-dealkylation sites (tertiary alicyclic amines) is 1. The van der Waals surface area contributed by atoms with Gasteiger partial charge in [0.05, 0.1) is 5.75 Å². The van der Waals surface area contributed by atoms with Crippen LogP contribution in [0.4, 0.5) is 11.4 Å². The van der Waals surface area contributed by atoms with E-state index in [0.29, 0.717) is 17.9 Å². The average Bonchev–Trinajstić information content (AvgIpc) is 3.15. The van der Waals surface area contributed by atoms with E-state index in [1.807, 2.05) is 39.9 Å². The van der Waals surface area contributed by atoms with E-state index in [-0.39, 0.29) is 23.5 Å². The van der Waals surface area contributed by atoms with Crippen molar-refractivity contribution < 1.29 is 14.4 Å². The Morgan fingerprint density at radius 3 is 2.42 bits per heavy atom. The van der Waals surface area contributed by atoms with Gasteiger partial charge < -0.3 is 20.1 Å². The second kappa shape index (κ2) is 10.6. The van der Waals surface area contributed by atoms with Gasteiger partial charge in [0.1, 0.15) is 6.54 Å². The van der Waals surface area contributed by atoms with E-state index >= 15 is 0 Å². The van der Waals surface area contributed by atoms with Gasteiger partial charge in [-0.1, -0.05) is 24.3 Å². The highest BCUT2D eigenvalue weighted by molar-refractivity contribution is 8.00. The number of carbonyl (C=O) groups is 3. The summed E-state index contributed by atoms with van der Waals surface area (Å²) in [5, 5.41) is 6.62. The molecule has 172 valence electrons. The van der Waals surface area contributed by atoms with Crippen LogP contribution in [0, 0.1) is 0 Å². The number of anilines is 2. The first-order valence-electron chi connectivity index (χ1n) is 11.2. The topological polar surface area (TPSA) is 83.4 Å². The monoisotopic (exact) mass is 464 g/mol. The SMILES string of the molecule is CC(=O)Nc1cccc(NC(=O)CSc2cn(CC(=O)N3CCCCC3)c3ccccc23)c1. The van der Waals surface area contributed by atoms with E-state index in [4.69, 9.17) is 0 Å². The highest BCUT2D eigenvalue weighted by Gasteiger charge is 2.19. The molecule has 7 nitrogen and oxygen atoms in total. The van der Waals surface area contributed by atoms with Crippen molar-refractivity contribution in [2.75, 3.05) is 29.5 Å². The molecule has 0 spiro atoms. The molecule has 0 radical (unpaired) electrons. The van der Waals surface area contributed by atoms with Crippen molar-refractivity contribution in [2.24, 2.45) is 0 Å². The summed E-state index contributed by atoms with van der Waals surface area (Å²) in [6.45, 7) is 3.42. The first kappa shape index (κ1) is 22.9. The number of hydrogen-bond acceptors (Lipinski definition) is 4. The molecule has 1 aliphatic heterocycles. The van der Waals surface area contributed by atoms with Gasteiger partial charge in [-0.2, -0.15) is 0 Å². The molecule has 1 aromatic heterocycles. The lowest BCUT2D eigenvalue weighted by Crippen LogP contribution is -2.37. The van der Waals surface area contributed by atoms with Crippen molar-refractivity contribution in [2.45, 2.75) is 37.6 Å². The number of para-hydroxylation sites is 1. The second-order valence-electron chi connectivity index (χ2n) is 8.18. The summed E-state index contributed by atoms with van der Waals surface area (Å²) in [4.78, 5) is 39.5. The quantitative estimate of drug-likeness (QED) is 0.510. The molecular formula is C25H28N4O3S. The summed E-state index contributed by atoms with van der Waals surface area (Å²) in [5.74, 6) is 0.0764. The molecule has 0 saturated carbocycles. The van der Waals surface area contributed by atoms with Crippen molar-refractivity contribution in [3.8, 4) is 0 Å². The van der Waals surface area contributed by atoms with E-state index in [1.165, 1.54) is 25.1 Å². The van der Waals surface area contributed by atoms with Crippen LogP contribution in [0.3, 0.4) is 0 Å². The molecule has 0 bridgehead atoms. The van der Waals surface area contributed by atoms with E-state index in [9.17, 15) is 14.4 Å². The van der Waals surface area contributed by atoms with Crippen LogP contribution in [-0.4, -0.2) is 46.0 Å². The zero-order chi connectivity index (χ0) is 23.2. The lowest BCUT2D eigenvalue weighted by molar-refractivity contribution is -0.132. The van der Waals surface area contributed by atoms with Crippen LogP contribution in [0.2, 0.25) is 0 Å². The van der Waals surface area contributed by atoms with Crippen LogP contribution >= 0.6 is 11.8 Å². The van der Waals surface area contributed by atoms with Crippen molar-refractivity contribution in [1.82, 2.24) is 9.47 Å². The van der Waals surface area contributed by atoms with Gasteiger partial charge in [0, 0.05) is 53.4 Å². The molecule has 2 N–H and O–H groups in total. The smallest absolute Gasteiger partial charge is 0.242 e. The number of fused-ring (bicyclic) bond motifs is 1. The van der Waals surface area contributed by atoms with E-state index in [2.05, 4.69) is 10.6 Å². The van der Waals surface area contributed by atoms with Crippen molar-refractivity contribution >= 4 is 51.8 Å². The Hall–Kier alpha value is -3.26. The van der Waals surface area contributed by atoms with E-state index < -0.39 is 0 Å². The van der Waals surface area contributed by atoms with Crippen molar-refractivity contribution in [3.63, 3.8) is 0 Å². The van der Waals surface area contributed by atoms with Gasteiger partial charge in [-0.05, 0) is 43.5 Å². The van der Waals surface area contributed by atoms with Gasteiger partial charge in [-0.25, -0.2) is 0 Å². The van der Waals surface area contributed by atoms with Crippen LogP contribution in [0.5, 0.6) is 0 Å². The Morgan fingerprint density at radius 1 is 0.939 bits per heavy atom. The van der Waals surface area contributed by atoms with Crippen molar-refractivity contribution in [3.05, 3.63) is 54.7 Å². The Morgan fingerprint density at radius 2 is 1.67 bits per heavy atom. The molecule has 0 unspecified atom stereocenters. The summed E-state index contributed by atoms with van der Waals surface area (Å²) >= 11 is 1.45. The summed E-state index contributed by atoms with van der Waals surface area (Å²) in [6, 6.07) is 15.0. The number of nitrogens with one attached hydrogen (secondary N) is 2. The largest absolute Gasteiger partial charge is 0.341 e. The number of nitrogens with zero attached hydrogens (tertiary/aromatic N) is 2. The minimum absolute atomic E-state index is 0.138. The third-order valence-corrected chi connectivity index (χ3v) is 6.63. The van der Waals surface area contributed by atoms with Gasteiger partial charge >= 0.3 is 0 Å². The number of hydrogen-bond donors (Lipinski definition) is 2. The molecule has 2 aromatic carbocycles. The molecular weight excluding hydrogens is 436 g/mol. The number of piperidine rings is 1. The Kier molecular flexibility index (Phi) is 7.34. The first-order chi connectivity index (χ1) is 16.0. The molecule has 1 fully saturated rings. The first-order valence-corrected chi connectivity index (χ1v) is 12.1. The highest BCUT2D eigenvalue weighted by atomic mass is 32.2. The molecule has 1 aliphatic rings. The average molecular weight is 465 g/mol. The minimum Gasteiger partial charge on any atom is -0.341 e. The molecule has 8 heteroatoms.